The molecule has 2 aromatic heterocycles. The lowest BCUT2D eigenvalue weighted by molar-refractivity contribution is -0.385. The number of benzene rings is 1. The Bertz CT molecular complexity index is 845. The van der Waals surface area contributed by atoms with Crippen molar-refractivity contribution in [3.8, 4) is 0 Å². The number of rotatable bonds is 7. The van der Waals surface area contributed by atoms with Crippen LogP contribution in [0.3, 0.4) is 0 Å². The van der Waals surface area contributed by atoms with E-state index in [0.717, 1.165) is 6.54 Å². The minimum Gasteiger partial charge on any atom is -0.390 e. The van der Waals surface area contributed by atoms with Crippen LogP contribution in [0, 0.1) is 10.1 Å². The molecule has 2 heterocycles. The first-order valence-corrected chi connectivity index (χ1v) is 8.39. The van der Waals surface area contributed by atoms with Gasteiger partial charge in [0.25, 0.3) is 0 Å². The number of aliphatic hydroxyl groups excluding tert-OH is 1. The van der Waals surface area contributed by atoms with Gasteiger partial charge in [-0.05, 0) is 29.4 Å². The van der Waals surface area contributed by atoms with Crippen molar-refractivity contribution in [2.24, 2.45) is 0 Å². The topological polar surface area (TPSA) is 84.4 Å². The third-order valence-corrected chi connectivity index (χ3v) is 4.76. The van der Waals surface area contributed by atoms with E-state index in [-0.39, 0.29) is 12.2 Å². The monoisotopic (exact) mass is 346 g/mol. The quantitative estimate of drug-likeness (QED) is 0.525. The predicted molar refractivity (Wildman–Crippen MR) is 93.0 cm³/mol. The number of nitrogens with zero attached hydrogens (tertiary/aromatic N) is 4. The maximum Gasteiger partial charge on any atom is 0.306 e. The van der Waals surface area contributed by atoms with Gasteiger partial charge >= 0.3 is 5.69 Å². The van der Waals surface area contributed by atoms with Gasteiger partial charge in [0.2, 0.25) is 0 Å². The number of hydrogen-bond acceptors (Lipinski definition) is 6. The first-order chi connectivity index (χ1) is 11.5. The van der Waals surface area contributed by atoms with E-state index in [2.05, 4.69) is 22.6 Å². The lowest BCUT2D eigenvalue weighted by Gasteiger charge is -2.20. The van der Waals surface area contributed by atoms with Gasteiger partial charge in [0.05, 0.1) is 17.6 Å². The summed E-state index contributed by atoms with van der Waals surface area (Å²) in [5, 5.41) is 28.1. The van der Waals surface area contributed by atoms with Crippen LogP contribution >= 0.6 is 11.3 Å². The highest BCUT2D eigenvalue weighted by Crippen LogP contribution is 2.26. The zero-order valence-electron chi connectivity index (χ0n) is 13.2. The maximum absolute atomic E-state index is 10.6. The Hall–Kier alpha value is -2.29. The van der Waals surface area contributed by atoms with Crippen LogP contribution in [0.2, 0.25) is 0 Å². The van der Waals surface area contributed by atoms with Gasteiger partial charge in [-0.1, -0.05) is 18.2 Å². The Morgan fingerprint density at radius 2 is 2.25 bits per heavy atom. The van der Waals surface area contributed by atoms with Crippen LogP contribution < -0.4 is 0 Å². The normalized spacial score (nSPS) is 12.8. The van der Waals surface area contributed by atoms with Crippen LogP contribution in [0.25, 0.3) is 10.1 Å². The molecule has 3 aromatic rings. The zero-order valence-corrected chi connectivity index (χ0v) is 14.0. The largest absolute Gasteiger partial charge is 0.390 e. The van der Waals surface area contributed by atoms with E-state index < -0.39 is 11.0 Å². The second-order valence-corrected chi connectivity index (χ2v) is 6.70. The van der Waals surface area contributed by atoms with E-state index in [1.807, 2.05) is 24.1 Å². The molecule has 0 amide bonds. The summed E-state index contributed by atoms with van der Waals surface area (Å²) < 4.78 is 2.65. The van der Waals surface area contributed by atoms with Crippen LogP contribution in [-0.4, -0.2) is 44.4 Å². The predicted octanol–water partition coefficient (Wildman–Crippen LogP) is 2.50. The number of aliphatic hydroxyl groups is 1. The molecule has 0 spiro atoms. The van der Waals surface area contributed by atoms with E-state index in [9.17, 15) is 15.2 Å². The molecule has 1 N–H and O–H groups in total. The van der Waals surface area contributed by atoms with E-state index in [1.165, 1.54) is 32.7 Å². The minimum absolute atomic E-state index is 0.0692. The molecular weight excluding hydrogens is 328 g/mol. The third-order valence-electron chi connectivity index (χ3n) is 3.75. The molecule has 7 nitrogen and oxygen atoms in total. The summed E-state index contributed by atoms with van der Waals surface area (Å²) >= 11 is 1.72. The Balaban J connectivity index is 1.57. The van der Waals surface area contributed by atoms with Gasteiger partial charge in [-0.3, -0.25) is 19.7 Å². The van der Waals surface area contributed by atoms with Crippen LogP contribution in [0.5, 0.6) is 0 Å². The van der Waals surface area contributed by atoms with Crippen LogP contribution in [-0.2, 0) is 13.1 Å². The molecule has 1 unspecified atom stereocenters. The van der Waals surface area contributed by atoms with Crippen molar-refractivity contribution in [3.63, 3.8) is 0 Å². The fourth-order valence-electron chi connectivity index (χ4n) is 2.69. The molecular formula is C16H18N4O3S. The molecule has 0 saturated heterocycles. The first kappa shape index (κ1) is 16.6. The molecule has 126 valence electrons. The van der Waals surface area contributed by atoms with Crippen LogP contribution in [0.4, 0.5) is 5.69 Å². The fourth-order valence-corrected chi connectivity index (χ4v) is 3.64. The molecule has 0 aliphatic heterocycles. The Morgan fingerprint density at radius 3 is 3.00 bits per heavy atom. The summed E-state index contributed by atoms with van der Waals surface area (Å²) in [6, 6.07) is 8.26. The second kappa shape index (κ2) is 7.08. The van der Waals surface area contributed by atoms with E-state index in [0.29, 0.717) is 6.54 Å². The van der Waals surface area contributed by atoms with Gasteiger partial charge in [-0.2, -0.15) is 5.10 Å². The summed E-state index contributed by atoms with van der Waals surface area (Å²) in [6.07, 6.45) is 1.86. The van der Waals surface area contributed by atoms with Crippen molar-refractivity contribution in [2.75, 3.05) is 13.6 Å². The summed E-state index contributed by atoms with van der Waals surface area (Å²) in [5.74, 6) is 0. The van der Waals surface area contributed by atoms with E-state index in [1.54, 1.807) is 11.3 Å². The molecule has 1 atom stereocenters. The molecule has 0 radical (unpaired) electrons. The fraction of sp³-hybridized carbons (Fsp3) is 0.312. The van der Waals surface area contributed by atoms with Gasteiger partial charge in [0.15, 0.2) is 0 Å². The number of aromatic nitrogens is 2. The number of nitro groups is 1. The summed E-state index contributed by atoms with van der Waals surface area (Å²) in [6.45, 7) is 1.42. The first-order valence-electron chi connectivity index (χ1n) is 7.51. The summed E-state index contributed by atoms with van der Waals surface area (Å²) in [4.78, 5) is 12.2. The molecule has 24 heavy (non-hydrogen) atoms. The highest BCUT2D eigenvalue weighted by atomic mass is 32.1. The van der Waals surface area contributed by atoms with Crippen molar-refractivity contribution in [3.05, 3.63) is 57.7 Å². The number of likely N-dealkylation sites (N-methyl/N-ethyl adjacent to an activating group) is 1. The number of thiophene rings is 1. The molecule has 0 saturated carbocycles. The lowest BCUT2D eigenvalue weighted by Crippen LogP contribution is -2.31. The lowest BCUT2D eigenvalue weighted by atomic mass is 10.1. The van der Waals surface area contributed by atoms with Gasteiger partial charge < -0.3 is 5.11 Å². The molecule has 0 aliphatic carbocycles. The minimum atomic E-state index is -0.653. The molecule has 1 aromatic carbocycles. The summed E-state index contributed by atoms with van der Waals surface area (Å²) in [5.41, 5.74) is 1.17. The standard InChI is InChI=1S/C16H18N4O3S/c1-18(7-12-11-24-16-5-3-2-4-15(12)16)9-14(21)10-19-8-13(6-17-19)20(22)23/h2-6,8,11,14,21H,7,9-10H2,1H3. The Labute approximate surface area is 142 Å². The van der Waals surface area contributed by atoms with Crippen molar-refractivity contribution >= 4 is 27.1 Å². The number of hydrogen-bond donors (Lipinski definition) is 1. The van der Waals surface area contributed by atoms with Gasteiger partial charge in [0.1, 0.15) is 12.4 Å². The van der Waals surface area contributed by atoms with E-state index >= 15 is 0 Å². The Kier molecular flexibility index (Phi) is 4.89. The van der Waals surface area contributed by atoms with Gasteiger partial charge in [0, 0.05) is 17.8 Å². The van der Waals surface area contributed by atoms with Crippen molar-refractivity contribution in [2.45, 2.75) is 19.2 Å². The average molecular weight is 346 g/mol. The molecule has 8 heteroatoms. The number of fused-ring (bicyclic) bond motifs is 1. The highest BCUT2D eigenvalue weighted by molar-refractivity contribution is 7.17. The smallest absolute Gasteiger partial charge is 0.306 e. The highest BCUT2D eigenvalue weighted by Gasteiger charge is 2.14. The zero-order chi connectivity index (χ0) is 17.1. The summed E-state index contributed by atoms with van der Waals surface area (Å²) in [7, 11) is 1.95. The second-order valence-electron chi connectivity index (χ2n) is 5.79. The molecule has 0 aliphatic rings. The van der Waals surface area contributed by atoms with Crippen molar-refractivity contribution < 1.29 is 10.0 Å². The maximum atomic E-state index is 10.6. The van der Waals surface area contributed by atoms with Gasteiger partial charge in [-0.25, -0.2) is 0 Å². The van der Waals surface area contributed by atoms with Crippen molar-refractivity contribution in [1.82, 2.24) is 14.7 Å². The van der Waals surface area contributed by atoms with E-state index in [4.69, 9.17) is 0 Å². The third kappa shape index (κ3) is 3.78. The SMILES string of the molecule is CN(Cc1csc2ccccc12)CC(O)Cn1cc([N+](=O)[O-])cn1. The molecule has 3 rings (SSSR count). The Morgan fingerprint density at radius 1 is 1.46 bits per heavy atom. The van der Waals surface area contributed by atoms with Crippen molar-refractivity contribution in [1.29, 1.82) is 0 Å². The van der Waals surface area contributed by atoms with Crippen LogP contribution in [0.15, 0.2) is 42.0 Å². The average Bonchev–Trinajstić information content (AvgIpc) is 3.15. The molecule has 0 fully saturated rings. The van der Waals surface area contributed by atoms with Gasteiger partial charge in [-0.15, -0.1) is 11.3 Å². The van der Waals surface area contributed by atoms with Crippen LogP contribution in [0.1, 0.15) is 5.56 Å². The molecule has 0 bridgehead atoms.